The van der Waals surface area contributed by atoms with Gasteiger partial charge in [-0.25, -0.2) is 5.43 Å². The molecule has 0 bridgehead atoms. The molecule has 2 atom stereocenters. The highest BCUT2D eigenvalue weighted by Crippen LogP contribution is 2.47. The molecule has 1 saturated carbocycles. The number of carbonyl (C=O) groups is 1. The lowest BCUT2D eigenvalue weighted by Gasteiger charge is -1.94. The van der Waals surface area contributed by atoms with Gasteiger partial charge < -0.3 is 4.42 Å². The Kier molecular flexibility index (Phi) is 3.21. The average molecular weight is 274 g/mol. The van der Waals surface area contributed by atoms with Crippen molar-refractivity contribution in [3.05, 3.63) is 46.0 Å². The molecule has 98 valence electrons. The van der Waals surface area contributed by atoms with Crippen LogP contribution in [-0.2, 0) is 0 Å². The normalized spacial score (nSPS) is 21.7. The van der Waals surface area contributed by atoms with E-state index in [1.807, 2.05) is 23.6 Å². The van der Waals surface area contributed by atoms with Gasteiger partial charge in [0.2, 0.25) is 0 Å². The lowest BCUT2D eigenvalue weighted by atomic mass is 10.3. The maximum Gasteiger partial charge on any atom is 0.281 e. The second kappa shape index (κ2) is 5.01. The Morgan fingerprint density at radius 3 is 3.05 bits per heavy atom. The summed E-state index contributed by atoms with van der Waals surface area (Å²) < 4.78 is 5.65. The van der Waals surface area contributed by atoms with Gasteiger partial charge in [-0.05, 0) is 35.9 Å². The van der Waals surface area contributed by atoms with Crippen LogP contribution in [0.1, 0.15) is 40.5 Å². The maximum atomic E-state index is 11.6. The third kappa shape index (κ3) is 2.76. The molecule has 0 spiro atoms. The molecule has 2 heterocycles. The maximum absolute atomic E-state index is 11.6. The number of hydrazone groups is 1. The monoisotopic (exact) mass is 274 g/mol. The molecule has 1 amide bonds. The summed E-state index contributed by atoms with van der Waals surface area (Å²) in [5, 5.41) is 5.75. The SMILES string of the molecule is C[C@H]1C[C@H]1c1ccc(/C=N\NC(=O)c2cccs2)o1. The number of thiophene rings is 1. The van der Waals surface area contributed by atoms with E-state index in [0.717, 1.165) is 11.7 Å². The number of furan rings is 1. The number of carbonyl (C=O) groups excluding carboxylic acids is 1. The van der Waals surface area contributed by atoms with Crippen LogP contribution in [0.4, 0.5) is 0 Å². The van der Waals surface area contributed by atoms with E-state index < -0.39 is 0 Å². The average Bonchev–Trinajstić information content (AvgIpc) is 2.90. The minimum Gasteiger partial charge on any atom is -0.460 e. The fraction of sp³-hybridized carbons (Fsp3) is 0.286. The van der Waals surface area contributed by atoms with E-state index in [4.69, 9.17) is 4.42 Å². The van der Waals surface area contributed by atoms with Gasteiger partial charge in [-0.1, -0.05) is 13.0 Å². The van der Waals surface area contributed by atoms with E-state index in [2.05, 4.69) is 17.5 Å². The summed E-state index contributed by atoms with van der Waals surface area (Å²) in [7, 11) is 0. The lowest BCUT2D eigenvalue weighted by molar-refractivity contribution is 0.0959. The predicted molar refractivity (Wildman–Crippen MR) is 74.6 cm³/mol. The number of amides is 1. The standard InChI is InChI=1S/C14H14N2O2S/c1-9-7-11(9)12-5-4-10(18-12)8-15-16-14(17)13-3-2-6-19-13/h2-6,8-9,11H,7H2,1H3,(H,16,17)/b15-8-/t9-,11+/m0/s1. The van der Waals surface area contributed by atoms with E-state index in [1.165, 1.54) is 24.0 Å². The van der Waals surface area contributed by atoms with Gasteiger partial charge >= 0.3 is 0 Å². The summed E-state index contributed by atoms with van der Waals surface area (Å²) in [5.74, 6) is 2.75. The van der Waals surface area contributed by atoms with Crippen molar-refractivity contribution in [2.75, 3.05) is 0 Å². The third-order valence-corrected chi connectivity index (χ3v) is 4.09. The van der Waals surface area contributed by atoms with Crippen LogP contribution in [-0.4, -0.2) is 12.1 Å². The van der Waals surface area contributed by atoms with Crippen molar-refractivity contribution in [2.45, 2.75) is 19.3 Å². The molecule has 19 heavy (non-hydrogen) atoms. The summed E-state index contributed by atoms with van der Waals surface area (Å²) in [6.45, 7) is 2.21. The van der Waals surface area contributed by atoms with Crippen LogP contribution in [0.2, 0.25) is 0 Å². The molecule has 0 unspecified atom stereocenters. The van der Waals surface area contributed by atoms with E-state index in [0.29, 0.717) is 16.6 Å². The van der Waals surface area contributed by atoms with Gasteiger partial charge in [-0.3, -0.25) is 4.79 Å². The summed E-state index contributed by atoms with van der Waals surface area (Å²) in [5.41, 5.74) is 2.48. The summed E-state index contributed by atoms with van der Waals surface area (Å²) in [6, 6.07) is 7.45. The van der Waals surface area contributed by atoms with Crippen LogP contribution in [0.3, 0.4) is 0 Å². The summed E-state index contributed by atoms with van der Waals surface area (Å²) in [6.07, 6.45) is 2.72. The van der Waals surface area contributed by atoms with Crippen LogP contribution < -0.4 is 5.43 Å². The lowest BCUT2D eigenvalue weighted by Crippen LogP contribution is -2.15. The first kappa shape index (κ1) is 12.2. The Balaban J connectivity index is 1.57. The van der Waals surface area contributed by atoms with Crippen LogP contribution in [0.25, 0.3) is 0 Å². The van der Waals surface area contributed by atoms with Gasteiger partial charge in [-0.15, -0.1) is 11.3 Å². The first-order valence-corrected chi connectivity index (χ1v) is 7.08. The molecular formula is C14H14N2O2S. The Morgan fingerprint density at radius 1 is 1.53 bits per heavy atom. The summed E-state index contributed by atoms with van der Waals surface area (Å²) in [4.78, 5) is 12.3. The Bertz CT molecular complexity index is 601. The van der Waals surface area contributed by atoms with Gasteiger partial charge in [0.1, 0.15) is 11.5 Å². The van der Waals surface area contributed by atoms with E-state index in [-0.39, 0.29) is 5.91 Å². The van der Waals surface area contributed by atoms with Gasteiger partial charge in [0.15, 0.2) is 0 Å². The molecule has 1 aliphatic carbocycles. The van der Waals surface area contributed by atoms with E-state index in [1.54, 1.807) is 6.07 Å². The molecule has 3 rings (SSSR count). The highest BCUT2D eigenvalue weighted by Gasteiger charge is 2.36. The zero-order valence-corrected chi connectivity index (χ0v) is 11.3. The Morgan fingerprint density at radius 2 is 2.37 bits per heavy atom. The molecule has 1 aliphatic rings. The van der Waals surface area contributed by atoms with Crippen LogP contribution in [0.5, 0.6) is 0 Å². The molecule has 2 aromatic heterocycles. The second-order valence-electron chi connectivity index (χ2n) is 4.74. The predicted octanol–water partition coefficient (Wildman–Crippen LogP) is 3.23. The van der Waals surface area contributed by atoms with Gasteiger partial charge in [0.25, 0.3) is 5.91 Å². The number of nitrogens with one attached hydrogen (secondary N) is 1. The first-order valence-electron chi connectivity index (χ1n) is 6.20. The molecule has 0 aliphatic heterocycles. The van der Waals surface area contributed by atoms with Crippen molar-refractivity contribution in [3.63, 3.8) is 0 Å². The van der Waals surface area contributed by atoms with E-state index >= 15 is 0 Å². The number of hydrogen-bond acceptors (Lipinski definition) is 4. The Labute approximate surface area is 115 Å². The van der Waals surface area contributed by atoms with Crippen molar-refractivity contribution in [1.29, 1.82) is 0 Å². The molecule has 0 saturated heterocycles. The molecular weight excluding hydrogens is 260 g/mol. The zero-order valence-electron chi connectivity index (χ0n) is 10.5. The van der Waals surface area contributed by atoms with Crippen molar-refractivity contribution < 1.29 is 9.21 Å². The van der Waals surface area contributed by atoms with E-state index in [9.17, 15) is 4.79 Å². The molecule has 0 radical (unpaired) electrons. The highest BCUT2D eigenvalue weighted by atomic mass is 32.1. The minimum absolute atomic E-state index is 0.200. The highest BCUT2D eigenvalue weighted by molar-refractivity contribution is 7.12. The number of rotatable bonds is 4. The van der Waals surface area contributed by atoms with Gasteiger partial charge in [0, 0.05) is 5.92 Å². The number of nitrogens with zero attached hydrogens (tertiary/aromatic N) is 1. The van der Waals surface area contributed by atoms with Crippen LogP contribution in [0.15, 0.2) is 39.2 Å². The van der Waals surface area contributed by atoms with Gasteiger partial charge in [0.05, 0.1) is 11.1 Å². The fourth-order valence-corrected chi connectivity index (χ4v) is 2.59. The largest absolute Gasteiger partial charge is 0.460 e. The first-order chi connectivity index (χ1) is 9.24. The van der Waals surface area contributed by atoms with Gasteiger partial charge in [-0.2, -0.15) is 5.10 Å². The van der Waals surface area contributed by atoms with Crippen molar-refractivity contribution in [3.8, 4) is 0 Å². The minimum atomic E-state index is -0.200. The van der Waals surface area contributed by atoms with Crippen molar-refractivity contribution in [1.82, 2.24) is 5.43 Å². The summed E-state index contributed by atoms with van der Waals surface area (Å²) >= 11 is 1.38. The molecule has 1 N–H and O–H groups in total. The van der Waals surface area contributed by atoms with Crippen LogP contribution in [0, 0.1) is 5.92 Å². The molecule has 1 fully saturated rings. The van der Waals surface area contributed by atoms with Crippen molar-refractivity contribution in [2.24, 2.45) is 11.0 Å². The third-order valence-electron chi connectivity index (χ3n) is 3.23. The zero-order chi connectivity index (χ0) is 13.2. The molecule has 0 aromatic carbocycles. The number of hydrogen-bond donors (Lipinski definition) is 1. The Hall–Kier alpha value is -1.88. The molecule has 4 nitrogen and oxygen atoms in total. The molecule has 5 heteroatoms. The topological polar surface area (TPSA) is 54.6 Å². The smallest absolute Gasteiger partial charge is 0.281 e. The molecule has 2 aromatic rings. The second-order valence-corrected chi connectivity index (χ2v) is 5.68. The quantitative estimate of drug-likeness (QED) is 0.687. The fourth-order valence-electron chi connectivity index (χ4n) is 1.97. The van der Waals surface area contributed by atoms with Crippen molar-refractivity contribution >= 4 is 23.5 Å². The van der Waals surface area contributed by atoms with Crippen LogP contribution >= 0.6 is 11.3 Å².